The summed E-state index contributed by atoms with van der Waals surface area (Å²) in [7, 11) is 0. The van der Waals surface area contributed by atoms with E-state index in [-0.39, 0.29) is 16.3 Å². The Balaban J connectivity index is 3.26. The highest BCUT2D eigenvalue weighted by Crippen LogP contribution is 2.28. The molecule has 0 saturated heterocycles. The van der Waals surface area contributed by atoms with Gasteiger partial charge in [0.2, 0.25) is 0 Å². The molecular weight excluding hydrogens is 249 g/mol. The lowest BCUT2D eigenvalue weighted by atomic mass is 10.1. The number of rotatable bonds is 4. The molecule has 0 atom stereocenters. The standard InChI is InChI=1S/C10H9ClFN3O2/c11-7-2-3-8(14-5-15-13)6(10(7)12)1-4-9(16)17/h1-5H,13H2,(H,14,15)(H,16,17)/b4-1+. The Kier molecular flexibility index (Phi) is 4.62. The van der Waals surface area contributed by atoms with E-state index in [0.717, 1.165) is 18.5 Å². The number of hydrazine groups is 1. The lowest BCUT2D eigenvalue weighted by Crippen LogP contribution is -2.18. The van der Waals surface area contributed by atoms with E-state index in [1.807, 2.05) is 0 Å². The van der Waals surface area contributed by atoms with Crippen LogP contribution in [0.15, 0.2) is 23.2 Å². The number of carbonyl (C=O) groups is 1. The summed E-state index contributed by atoms with van der Waals surface area (Å²) in [5.41, 5.74) is 2.34. The number of hydrogen-bond acceptors (Lipinski definition) is 3. The van der Waals surface area contributed by atoms with Gasteiger partial charge in [-0.15, -0.1) is 0 Å². The second-order valence-corrected chi connectivity index (χ2v) is 3.30. The molecule has 0 spiro atoms. The molecule has 90 valence electrons. The highest BCUT2D eigenvalue weighted by Gasteiger charge is 2.09. The van der Waals surface area contributed by atoms with Crippen LogP contribution in [0.2, 0.25) is 5.02 Å². The highest BCUT2D eigenvalue weighted by molar-refractivity contribution is 6.31. The smallest absolute Gasteiger partial charge is 0.328 e. The van der Waals surface area contributed by atoms with Crippen molar-refractivity contribution in [2.24, 2.45) is 10.8 Å². The number of benzene rings is 1. The van der Waals surface area contributed by atoms with Crippen LogP contribution >= 0.6 is 11.6 Å². The largest absolute Gasteiger partial charge is 0.478 e. The molecule has 1 rings (SSSR count). The van der Waals surface area contributed by atoms with Crippen molar-refractivity contribution >= 4 is 35.7 Å². The molecule has 0 aliphatic rings. The predicted octanol–water partition coefficient (Wildman–Crippen LogP) is 1.70. The minimum atomic E-state index is -1.20. The van der Waals surface area contributed by atoms with Gasteiger partial charge in [-0.2, -0.15) is 0 Å². The van der Waals surface area contributed by atoms with Crippen LogP contribution in [0.4, 0.5) is 10.1 Å². The lowest BCUT2D eigenvalue weighted by Gasteiger charge is -2.03. The first-order valence-electron chi connectivity index (χ1n) is 4.44. The minimum absolute atomic E-state index is 0.0219. The van der Waals surface area contributed by atoms with Gasteiger partial charge in [0, 0.05) is 11.6 Å². The average molecular weight is 258 g/mol. The molecule has 0 unspecified atom stereocenters. The summed E-state index contributed by atoms with van der Waals surface area (Å²) < 4.78 is 13.6. The van der Waals surface area contributed by atoms with E-state index in [4.69, 9.17) is 22.6 Å². The van der Waals surface area contributed by atoms with E-state index in [2.05, 4.69) is 10.4 Å². The van der Waals surface area contributed by atoms with Gasteiger partial charge in [0.05, 0.1) is 10.7 Å². The van der Waals surface area contributed by atoms with E-state index >= 15 is 0 Å². The van der Waals surface area contributed by atoms with Crippen molar-refractivity contribution in [1.82, 2.24) is 5.43 Å². The molecule has 0 aliphatic heterocycles. The molecule has 5 nitrogen and oxygen atoms in total. The van der Waals surface area contributed by atoms with Crippen LogP contribution in [-0.2, 0) is 4.79 Å². The number of nitrogens with two attached hydrogens (primary N) is 1. The minimum Gasteiger partial charge on any atom is -0.478 e. The third-order valence-electron chi connectivity index (χ3n) is 1.78. The van der Waals surface area contributed by atoms with Gasteiger partial charge < -0.3 is 10.5 Å². The van der Waals surface area contributed by atoms with Gasteiger partial charge in [0.1, 0.15) is 6.34 Å². The molecule has 1 aromatic rings. The summed E-state index contributed by atoms with van der Waals surface area (Å²) >= 11 is 5.59. The molecule has 7 heteroatoms. The zero-order valence-electron chi connectivity index (χ0n) is 8.52. The van der Waals surface area contributed by atoms with Crippen LogP contribution in [0.5, 0.6) is 0 Å². The number of nitrogens with one attached hydrogen (secondary N) is 1. The second-order valence-electron chi connectivity index (χ2n) is 2.89. The molecule has 0 heterocycles. The normalized spacial score (nSPS) is 11.2. The van der Waals surface area contributed by atoms with E-state index in [9.17, 15) is 9.18 Å². The van der Waals surface area contributed by atoms with Crippen LogP contribution in [0, 0.1) is 5.82 Å². The van der Waals surface area contributed by atoms with Crippen LogP contribution < -0.4 is 11.3 Å². The van der Waals surface area contributed by atoms with Gasteiger partial charge in [-0.25, -0.2) is 20.0 Å². The first-order valence-corrected chi connectivity index (χ1v) is 4.81. The van der Waals surface area contributed by atoms with Crippen molar-refractivity contribution in [3.05, 3.63) is 34.6 Å². The highest BCUT2D eigenvalue weighted by atomic mass is 35.5. The van der Waals surface area contributed by atoms with Crippen molar-refractivity contribution < 1.29 is 14.3 Å². The SMILES string of the molecule is NNC=Nc1ccc(Cl)c(F)c1/C=C/C(=O)O. The van der Waals surface area contributed by atoms with Gasteiger partial charge in [0.25, 0.3) is 0 Å². The molecule has 0 aromatic heterocycles. The fraction of sp³-hybridized carbons (Fsp3) is 0. The van der Waals surface area contributed by atoms with Crippen molar-refractivity contribution in [2.45, 2.75) is 0 Å². The number of aliphatic imine (C=N–C) groups is 1. The Bertz CT molecular complexity index is 489. The number of carboxylic acids is 1. The Hall–Kier alpha value is -1.92. The summed E-state index contributed by atoms with van der Waals surface area (Å²) in [6.45, 7) is 0. The first-order chi connectivity index (χ1) is 8.06. The van der Waals surface area contributed by atoms with Crippen molar-refractivity contribution in [1.29, 1.82) is 0 Å². The van der Waals surface area contributed by atoms with Crippen LogP contribution in [-0.4, -0.2) is 17.4 Å². The molecule has 0 saturated carbocycles. The van der Waals surface area contributed by atoms with Crippen molar-refractivity contribution in [2.75, 3.05) is 0 Å². The topological polar surface area (TPSA) is 87.7 Å². The quantitative estimate of drug-likeness (QED) is 0.252. The molecule has 0 amide bonds. The van der Waals surface area contributed by atoms with E-state index < -0.39 is 11.8 Å². The molecule has 0 fully saturated rings. The van der Waals surface area contributed by atoms with E-state index in [1.165, 1.54) is 12.1 Å². The summed E-state index contributed by atoms with van der Waals surface area (Å²) in [4.78, 5) is 14.2. The maximum Gasteiger partial charge on any atom is 0.328 e. The predicted molar refractivity (Wildman–Crippen MR) is 63.6 cm³/mol. The summed E-state index contributed by atoms with van der Waals surface area (Å²) in [5.74, 6) is 3.05. The van der Waals surface area contributed by atoms with Gasteiger partial charge in [-0.3, -0.25) is 0 Å². The Morgan fingerprint density at radius 1 is 1.59 bits per heavy atom. The third-order valence-corrected chi connectivity index (χ3v) is 2.07. The second kappa shape index (κ2) is 5.97. The zero-order chi connectivity index (χ0) is 12.8. The summed E-state index contributed by atoms with van der Waals surface area (Å²) in [6.07, 6.45) is 3.01. The number of hydrogen-bond donors (Lipinski definition) is 3. The van der Waals surface area contributed by atoms with Crippen molar-refractivity contribution in [3.8, 4) is 0 Å². The molecule has 17 heavy (non-hydrogen) atoms. The molecule has 0 bridgehead atoms. The summed E-state index contributed by atoms with van der Waals surface area (Å²) in [6, 6.07) is 2.76. The maximum absolute atomic E-state index is 13.6. The fourth-order valence-electron chi connectivity index (χ4n) is 1.09. The van der Waals surface area contributed by atoms with Gasteiger partial charge in [-0.1, -0.05) is 11.6 Å². The molecular formula is C10H9ClFN3O2. The third kappa shape index (κ3) is 3.54. The van der Waals surface area contributed by atoms with Crippen molar-refractivity contribution in [3.63, 3.8) is 0 Å². The van der Waals surface area contributed by atoms with Gasteiger partial charge in [-0.05, 0) is 18.2 Å². The van der Waals surface area contributed by atoms with E-state index in [0.29, 0.717) is 0 Å². The average Bonchev–Trinajstić information content (AvgIpc) is 2.29. The van der Waals surface area contributed by atoms with Crippen LogP contribution in [0.1, 0.15) is 5.56 Å². The molecule has 4 N–H and O–H groups in total. The number of aliphatic carboxylic acids is 1. The van der Waals surface area contributed by atoms with Crippen LogP contribution in [0.25, 0.3) is 6.08 Å². The Morgan fingerprint density at radius 2 is 2.29 bits per heavy atom. The van der Waals surface area contributed by atoms with E-state index in [1.54, 1.807) is 0 Å². The Morgan fingerprint density at radius 3 is 2.88 bits per heavy atom. The number of halogens is 2. The van der Waals surface area contributed by atoms with Gasteiger partial charge in [0.15, 0.2) is 5.82 Å². The number of carboxylic acid groups (broad SMARTS) is 1. The van der Waals surface area contributed by atoms with Crippen LogP contribution in [0.3, 0.4) is 0 Å². The monoisotopic (exact) mass is 257 g/mol. The zero-order valence-corrected chi connectivity index (χ0v) is 9.28. The number of nitrogens with zero attached hydrogens (tertiary/aromatic N) is 1. The van der Waals surface area contributed by atoms with Gasteiger partial charge >= 0.3 is 5.97 Å². The lowest BCUT2D eigenvalue weighted by molar-refractivity contribution is -0.131. The molecule has 1 aromatic carbocycles. The fourth-order valence-corrected chi connectivity index (χ4v) is 1.25. The molecule has 0 aliphatic carbocycles. The summed E-state index contributed by atoms with van der Waals surface area (Å²) in [5, 5.41) is 8.37. The molecule has 0 radical (unpaired) electrons. The Labute approximate surface area is 101 Å². The first kappa shape index (κ1) is 13.1. The maximum atomic E-state index is 13.6.